The number of aliphatic imine (C=N–C) groups is 1. The molecule has 4 aromatic rings. The molecular weight excluding hydrogens is 286 g/mol. The maximum Gasteiger partial charge on any atom is 0.138 e. The van der Waals surface area contributed by atoms with Crippen molar-refractivity contribution in [3.05, 3.63) is 72.8 Å². The van der Waals surface area contributed by atoms with Crippen molar-refractivity contribution in [2.75, 3.05) is 0 Å². The van der Waals surface area contributed by atoms with E-state index in [1.54, 1.807) is 24.8 Å². The number of rotatable bonds is 3. The SMILES string of the molecule is C(=Nc1ccncc1)c1ccc2nc(-c3ccncc3)[nH]c2c1. The number of hydrogen-bond acceptors (Lipinski definition) is 4. The minimum Gasteiger partial charge on any atom is -0.338 e. The summed E-state index contributed by atoms with van der Waals surface area (Å²) in [5, 5.41) is 0. The van der Waals surface area contributed by atoms with Gasteiger partial charge in [-0.2, -0.15) is 0 Å². The molecule has 23 heavy (non-hydrogen) atoms. The molecule has 4 rings (SSSR count). The first-order chi connectivity index (χ1) is 11.4. The van der Waals surface area contributed by atoms with Gasteiger partial charge < -0.3 is 4.98 Å². The normalized spacial score (nSPS) is 11.3. The van der Waals surface area contributed by atoms with Crippen LogP contribution >= 0.6 is 0 Å². The van der Waals surface area contributed by atoms with Crippen molar-refractivity contribution in [3.8, 4) is 11.4 Å². The molecule has 5 heteroatoms. The van der Waals surface area contributed by atoms with Gasteiger partial charge in [-0.1, -0.05) is 6.07 Å². The molecule has 0 amide bonds. The predicted octanol–water partition coefficient (Wildman–Crippen LogP) is 3.77. The summed E-state index contributed by atoms with van der Waals surface area (Å²) in [6.45, 7) is 0. The Labute approximate surface area is 132 Å². The number of imidazole rings is 1. The second-order valence-electron chi connectivity index (χ2n) is 5.06. The number of aromatic nitrogens is 4. The van der Waals surface area contributed by atoms with Crippen molar-refractivity contribution < 1.29 is 0 Å². The van der Waals surface area contributed by atoms with Gasteiger partial charge in [0.1, 0.15) is 5.82 Å². The highest BCUT2D eigenvalue weighted by Gasteiger charge is 2.05. The molecule has 0 aliphatic heterocycles. The molecule has 110 valence electrons. The van der Waals surface area contributed by atoms with Crippen molar-refractivity contribution in [3.63, 3.8) is 0 Å². The van der Waals surface area contributed by atoms with E-state index in [0.29, 0.717) is 0 Å². The molecule has 0 radical (unpaired) electrons. The van der Waals surface area contributed by atoms with E-state index in [2.05, 4.69) is 24.9 Å². The molecule has 0 saturated carbocycles. The van der Waals surface area contributed by atoms with Crippen LogP contribution in [0.3, 0.4) is 0 Å². The average Bonchev–Trinajstić information content (AvgIpc) is 3.05. The minimum absolute atomic E-state index is 0.839. The Hall–Kier alpha value is -3.34. The van der Waals surface area contributed by atoms with Crippen LogP contribution in [0.15, 0.2) is 72.2 Å². The lowest BCUT2D eigenvalue weighted by Gasteiger charge is -1.94. The lowest BCUT2D eigenvalue weighted by Crippen LogP contribution is -1.81. The Morgan fingerprint density at radius 1 is 0.870 bits per heavy atom. The quantitative estimate of drug-likeness (QED) is 0.585. The third-order valence-electron chi connectivity index (χ3n) is 3.49. The number of nitrogens with one attached hydrogen (secondary N) is 1. The number of benzene rings is 1. The molecule has 0 fully saturated rings. The van der Waals surface area contributed by atoms with E-state index in [4.69, 9.17) is 0 Å². The Morgan fingerprint density at radius 3 is 2.39 bits per heavy atom. The van der Waals surface area contributed by atoms with Gasteiger partial charge in [0.25, 0.3) is 0 Å². The molecule has 1 N–H and O–H groups in total. The van der Waals surface area contributed by atoms with Crippen LogP contribution in [0.25, 0.3) is 22.4 Å². The highest BCUT2D eigenvalue weighted by atomic mass is 14.9. The van der Waals surface area contributed by atoms with E-state index in [1.165, 1.54) is 0 Å². The molecule has 5 nitrogen and oxygen atoms in total. The number of H-pyrrole nitrogens is 1. The van der Waals surface area contributed by atoms with Crippen LogP contribution in [-0.4, -0.2) is 26.2 Å². The maximum atomic E-state index is 4.61. The lowest BCUT2D eigenvalue weighted by molar-refractivity contribution is 1.28. The van der Waals surface area contributed by atoms with Crippen LogP contribution in [0.4, 0.5) is 5.69 Å². The van der Waals surface area contributed by atoms with Crippen LogP contribution in [0.5, 0.6) is 0 Å². The first-order valence-corrected chi connectivity index (χ1v) is 7.23. The third-order valence-corrected chi connectivity index (χ3v) is 3.49. The van der Waals surface area contributed by atoms with Crippen molar-refractivity contribution in [2.24, 2.45) is 4.99 Å². The van der Waals surface area contributed by atoms with Crippen LogP contribution < -0.4 is 0 Å². The predicted molar refractivity (Wildman–Crippen MR) is 90.8 cm³/mol. The largest absolute Gasteiger partial charge is 0.338 e. The van der Waals surface area contributed by atoms with Crippen LogP contribution in [-0.2, 0) is 0 Å². The average molecular weight is 299 g/mol. The molecule has 0 aliphatic rings. The zero-order valence-electron chi connectivity index (χ0n) is 12.2. The topological polar surface area (TPSA) is 66.8 Å². The Balaban J connectivity index is 1.67. The van der Waals surface area contributed by atoms with Crippen molar-refractivity contribution in [1.82, 2.24) is 19.9 Å². The van der Waals surface area contributed by atoms with Crippen molar-refractivity contribution >= 4 is 22.9 Å². The summed E-state index contributed by atoms with van der Waals surface area (Å²) in [5.41, 5.74) is 4.82. The van der Waals surface area contributed by atoms with Crippen molar-refractivity contribution in [2.45, 2.75) is 0 Å². The summed E-state index contributed by atoms with van der Waals surface area (Å²) < 4.78 is 0. The summed E-state index contributed by atoms with van der Waals surface area (Å²) in [7, 11) is 0. The smallest absolute Gasteiger partial charge is 0.138 e. The number of pyridine rings is 2. The Kier molecular flexibility index (Phi) is 3.37. The number of hydrogen-bond donors (Lipinski definition) is 1. The van der Waals surface area contributed by atoms with Gasteiger partial charge in [-0.05, 0) is 42.0 Å². The molecule has 1 aromatic carbocycles. The van der Waals surface area contributed by atoms with Crippen LogP contribution in [0.1, 0.15) is 5.56 Å². The molecule has 0 unspecified atom stereocenters. The Bertz CT molecular complexity index is 959. The second kappa shape index (κ2) is 5.81. The van der Waals surface area contributed by atoms with Gasteiger partial charge in [0.2, 0.25) is 0 Å². The standard InChI is InChI=1S/C18H13N5/c1-2-16-17(23-18(22-16)14-3-7-19-8-4-14)11-13(1)12-21-15-5-9-20-10-6-15/h1-12H,(H,22,23). The zero-order chi connectivity index (χ0) is 15.5. The fourth-order valence-electron chi connectivity index (χ4n) is 2.33. The fraction of sp³-hybridized carbons (Fsp3) is 0. The van der Waals surface area contributed by atoms with Gasteiger partial charge in [0, 0.05) is 36.6 Å². The van der Waals surface area contributed by atoms with Crippen molar-refractivity contribution in [1.29, 1.82) is 0 Å². The monoisotopic (exact) mass is 299 g/mol. The molecule has 0 saturated heterocycles. The zero-order valence-corrected chi connectivity index (χ0v) is 12.2. The lowest BCUT2D eigenvalue weighted by atomic mass is 10.2. The molecule has 3 aromatic heterocycles. The first kappa shape index (κ1) is 13.3. The molecule has 0 bridgehead atoms. The number of nitrogens with zero attached hydrogens (tertiary/aromatic N) is 4. The highest BCUT2D eigenvalue weighted by molar-refractivity contribution is 5.89. The summed E-state index contributed by atoms with van der Waals surface area (Å²) in [6.07, 6.45) is 8.81. The second-order valence-corrected chi connectivity index (χ2v) is 5.06. The third kappa shape index (κ3) is 2.85. The summed E-state index contributed by atoms with van der Waals surface area (Å²) in [6, 6.07) is 13.6. The minimum atomic E-state index is 0.839. The summed E-state index contributed by atoms with van der Waals surface area (Å²) >= 11 is 0. The molecule has 0 aliphatic carbocycles. The maximum absolute atomic E-state index is 4.61. The van der Waals surface area contributed by atoms with E-state index in [1.807, 2.05) is 48.7 Å². The fourth-order valence-corrected chi connectivity index (χ4v) is 2.33. The van der Waals surface area contributed by atoms with Gasteiger partial charge >= 0.3 is 0 Å². The van der Waals surface area contributed by atoms with Gasteiger partial charge in [0.05, 0.1) is 16.7 Å². The number of aromatic amines is 1. The van der Waals surface area contributed by atoms with Crippen LogP contribution in [0.2, 0.25) is 0 Å². The van der Waals surface area contributed by atoms with E-state index in [0.717, 1.165) is 33.7 Å². The van der Waals surface area contributed by atoms with Gasteiger partial charge in [-0.3, -0.25) is 15.0 Å². The first-order valence-electron chi connectivity index (χ1n) is 7.23. The number of fused-ring (bicyclic) bond motifs is 1. The molecule has 0 atom stereocenters. The van der Waals surface area contributed by atoms with E-state index in [-0.39, 0.29) is 0 Å². The van der Waals surface area contributed by atoms with Gasteiger partial charge in [0.15, 0.2) is 0 Å². The molecule has 3 heterocycles. The van der Waals surface area contributed by atoms with E-state index < -0.39 is 0 Å². The Morgan fingerprint density at radius 2 is 1.61 bits per heavy atom. The summed E-state index contributed by atoms with van der Waals surface area (Å²) in [4.78, 5) is 20.4. The van der Waals surface area contributed by atoms with Gasteiger partial charge in [-0.15, -0.1) is 0 Å². The highest BCUT2D eigenvalue weighted by Crippen LogP contribution is 2.20. The molecule has 0 spiro atoms. The van der Waals surface area contributed by atoms with Crippen LogP contribution in [0, 0.1) is 0 Å². The van der Waals surface area contributed by atoms with E-state index in [9.17, 15) is 0 Å². The summed E-state index contributed by atoms with van der Waals surface area (Å²) in [5.74, 6) is 0.839. The van der Waals surface area contributed by atoms with E-state index >= 15 is 0 Å². The van der Waals surface area contributed by atoms with Gasteiger partial charge in [-0.25, -0.2) is 4.98 Å². The molecular formula is C18H13N5.